The molecule has 1 aromatic carbocycles. The number of nitrogens with one attached hydrogen (secondary N) is 1. The van der Waals surface area contributed by atoms with Crippen molar-refractivity contribution in [2.45, 2.75) is 25.3 Å². The number of aliphatic imine (C=N–C) groups is 1. The Morgan fingerprint density at radius 3 is 2.92 bits per heavy atom. The Bertz CT molecular complexity index is 746. The van der Waals surface area contributed by atoms with E-state index in [2.05, 4.69) is 21.3 Å². The van der Waals surface area contributed by atoms with Crippen molar-refractivity contribution < 1.29 is 4.79 Å². The molecule has 2 fully saturated rings. The highest BCUT2D eigenvalue weighted by molar-refractivity contribution is 6.36. The zero-order chi connectivity index (χ0) is 17.4. The summed E-state index contributed by atoms with van der Waals surface area (Å²) in [5.74, 6) is 1.08. The molecule has 4 rings (SSSR count). The molecule has 2 heterocycles. The maximum Gasteiger partial charge on any atom is 0.253 e. The second kappa shape index (κ2) is 7.10. The topological polar surface area (TPSA) is 44.7 Å². The van der Waals surface area contributed by atoms with Crippen molar-refractivity contribution in [3.05, 3.63) is 45.6 Å². The van der Waals surface area contributed by atoms with E-state index in [0.29, 0.717) is 27.4 Å². The van der Waals surface area contributed by atoms with Crippen LogP contribution in [0.4, 0.5) is 0 Å². The number of benzene rings is 1. The lowest BCUT2D eigenvalue weighted by Crippen LogP contribution is -2.40. The van der Waals surface area contributed by atoms with Crippen molar-refractivity contribution in [1.82, 2.24) is 10.2 Å². The average Bonchev–Trinajstić information content (AvgIpc) is 3.27. The van der Waals surface area contributed by atoms with Gasteiger partial charge in [0.05, 0.1) is 16.3 Å². The van der Waals surface area contributed by atoms with Crippen LogP contribution in [0.3, 0.4) is 0 Å². The van der Waals surface area contributed by atoms with Gasteiger partial charge in [0, 0.05) is 43.3 Å². The summed E-state index contributed by atoms with van der Waals surface area (Å²) in [5, 5.41) is 4.14. The molecule has 0 spiro atoms. The van der Waals surface area contributed by atoms with E-state index in [4.69, 9.17) is 23.2 Å². The van der Waals surface area contributed by atoms with Gasteiger partial charge in [0.2, 0.25) is 0 Å². The molecule has 0 aromatic heterocycles. The van der Waals surface area contributed by atoms with Gasteiger partial charge in [-0.25, -0.2) is 0 Å². The number of amides is 1. The molecular weight excluding hydrogens is 357 g/mol. The smallest absolute Gasteiger partial charge is 0.253 e. The lowest BCUT2D eigenvalue weighted by atomic mass is 9.97. The average molecular weight is 378 g/mol. The summed E-state index contributed by atoms with van der Waals surface area (Å²) >= 11 is 12.1. The van der Waals surface area contributed by atoms with Crippen molar-refractivity contribution >= 4 is 35.3 Å². The molecule has 0 bridgehead atoms. The van der Waals surface area contributed by atoms with Crippen molar-refractivity contribution in [2.24, 2.45) is 16.8 Å². The summed E-state index contributed by atoms with van der Waals surface area (Å²) in [7, 11) is 0. The molecule has 1 aromatic rings. The number of carbonyl (C=O) groups excluding carboxylic acids is 1. The Balaban J connectivity index is 1.38. The van der Waals surface area contributed by atoms with Gasteiger partial charge in [-0.3, -0.25) is 14.7 Å². The zero-order valence-electron chi connectivity index (χ0n) is 13.9. The summed E-state index contributed by atoms with van der Waals surface area (Å²) in [6, 6.07) is 5.23. The molecule has 3 aliphatic rings. The highest BCUT2D eigenvalue weighted by Crippen LogP contribution is 2.38. The predicted octanol–water partition coefficient (Wildman–Crippen LogP) is 3.79. The molecule has 132 valence electrons. The van der Waals surface area contributed by atoms with E-state index < -0.39 is 0 Å². The monoisotopic (exact) mass is 377 g/mol. The number of rotatable bonds is 4. The Labute approximate surface area is 157 Å². The molecule has 6 heteroatoms. The molecular formula is C19H21Cl2N3O. The fourth-order valence-corrected chi connectivity index (χ4v) is 4.83. The van der Waals surface area contributed by atoms with Crippen molar-refractivity contribution in [3.63, 3.8) is 0 Å². The van der Waals surface area contributed by atoms with Crippen LogP contribution in [-0.4, -0.2) is 42.7 Å². The number of hydrogen-bond donors (Lipinski definition) is 1. The number of likely N-dealkylation sites (tertiary alicyclic amines) is 1. The number of halogens is 2. The fraction of sp³-hybridized carbons (Fsp3) is 0.474. The van der Waals surface area contributed by atoms with Crippen LogP contribution in [0, 0.1) is 11.8 Å². The second-order valence-electron chi connectivity index (χ2n) is 7.14. The van der Waals surface area contributed by atoms with Gasteiger partial charge in [0.25, 0.3) is 5.91 Å². The van der Waals surface area contributed by atoms with Crippen LogP contribution in [0.5, 0.6) is 0 Å². The van der Waals surface area contributed by atoms with Gasteiger partial charge < -0.3 is 5.32 Å². The van der Waals surface area contributed by atoms with Crippen LogP contribution < -0.4 is 5.32 Å². The molecule has 4 nitrogen and oxygen atoms in total. The molecule has 3 unspecified atom stereocenters. The maximum atomic E-state index is 12.6. The third kappa shape index (κ3) is 3.62. The SMILES string of the molecule is O=C(NC1CCC2CN(CC3=CCC=N3)CC21)c1ccc(Cl)cc1Cl. The van der Waals surface area contributed by atoms with Crippen LogP contribution in [0.1, 0.15) is 29.6 Å². The largest absolute Gasteiger partial charge is 0.349 e. The molecule has 1 aliphatic carbocycles. The van der Waals surface area contributed by atoms with Gasteiger partial charge >= 0.3 is 0 Å². The first-order valence-electron chi connectivity index (χ1n) is 8.80. The van der Waals surface area contributed by atoms with Crippen LogP contribution in [-0.2, 0) is 0 Å². The second-order valence-corrected chi connectivity index (χ2v) is 7.99. The first-order chi connectivity index (χ1) is 12.1. The van der Waals surface area contributed by atoms with Crippen molar-refractivity contribution in [1.29, 1.82) is 0 Å². The highest BCUT2D eigenvalue weighted by Gasteiger charge is 2.43. The van der Waals surface area contributed by atoms with Gasteiger partial charge in [-0.05, 0) is 42.9 Å². The standard InChI is InChI=1S/C19H21Cl2N3O/c20-13-4-5-15(17(21)8-13)19(25)23-18-6-3-12-9-24(11-16(12)18)10-14-2-1-7-22-14/h2,4-5,7-8,12,16,18H,1,3,6,9-11H2,(H,23,25). The minimum atomic E-state index is -0.103. The number of carbonyl (C=O) groups is 1. The number of hydrogen-bond acceptors (Lipinski definition) is 3. The molecule has 2 aliphatic heterocycles. The summed E-state index contributed by atoms with van der Waals surface area (Å²) in [6.07, 6.45) is 7.32. The first kappa shape index (κ1) is 17.1. The summed E-state index contributed by atoms with van der Waals surface area (Å²) in [5.41, 5.74) is 1.67. The Morgan fingerprint density at radius 2 is 2.16 bits per heavy atom. The summed E-state index contributed by atoms with van der Waals surface area (Å²) < 4.78 is 0. The van der Waals surface area contributed by atoms with Crippen LogP contribution in [0.2, 0.25) is 10.0 Å². The lowest BCUT2D eigenvalue weighted by molar-refractivity contribution is 0.0926. The van der Waals surface area contributed by atoms with E-state index in [1.54, 1.807) is 18.2 Å². The Kier molecular flexibility index (Phi) is 4.85. The van der Waals surface area contributed by atoms with Crippen LogP contribution >= 0.6 is 23.2 Å². The maximum absolute atomic E-state index is 12.6. The number of allylic oxidation sites excluding steroid dienone is 1. The quantitative estimate of drug-likeness (QED) is 0.867. The van der Waals surface area contributed by atoms with Gasteiger partial charge in [-0.1, -0.05) is 29.3 Å². The van der Waals surface area contributed by atoms with Gasteiger partial charge in [-0.2, -0.15) is 0 Å². The minimum absolute atomic E-state index is 0.103. The third-order valence-corrected chi connectivity index (χ3v) is 6.07. The third-order valence-electron chi connectivity index (χ3n) is 5.53. The lowest BCUT2D eigenvalue weighted by Gasteiger charge is -2.22. The molecule has 0 radical (unpaired) electrons. The first-order valence-corrected chi connectivity index (χ1v) is 9.55. The van der Waals surface area contributed by atoms with E-state index in [1.807, 2.05) is 6.21 Å². The van der Waals surface area contributed by atoms with Crippen LogP contribution in [0.15, 0.2) is 35.0 Å². The van der Waals surface area contributed by atoms with E-state index >= 15 is 0 Å². The van der Waals surface area contributed by atoms with Gasteiger partial charge in [0.1, 0.15) is 0 Å². The highest BCUT2D eigenvalue weighted by atomic mass is 35.5. The molecule has 3 atom stereocenters. The van der Waals surface area contributed by atoms with E-state index in [0.717, 1.165) is 32.5 Å². The molecule has 25 heavy (non-hydrogen) atoms. The molecule has 1 saturated carbocycles. The summed E-state index contributed by atoms with van der Waals surface area (Å²) in [6.45, 7) is 3.05. The zero-order valence-corrected chi connectivity index (χ0v) is 15.4. The summed E-state index contributed by atoms with van der Waals surface area (Å²) in [4.78, 5) is 19.5. The van der Waals surface area contributed by atoms with Crippen molar-refractivity contribution in [2.75, 3.05) is 19.6 Å². The number of fused-ring (bicyclic) bond motifs is 1. The molecule has 1 amide bonds. The van der Waals surface area contributed by atoms with Crippen LogP contribution in [0.25, 0.3) is 0 Å². The molecule has 1 saturated heterocycles. The Morgan fingerprint density at radius 1 is 1.28 bits per heavy atom. The fourth-order valence-electron chi connectivity index (χ4n) is 4.33. The van der Waals surface area contributed by atoms with E-state index in [-0.39, 0.29) is 11.9 Å². The van der Waals surface area contributed by atoms with Gasteiger partial charge in [-0.15, -0.1) is 0 Å². The Hall–Kier alpha value is -1.36. The van der Waals surface area contributed by atoms with E-state index in [9.17, 15) is 4.79 Å². The van der Waals surface area contributed by atoms with Gasteiger partial charge in [0.15, 0.2) is 0 Å². The van der Waals surface area contributed by atoms with Crippen molar-refractivity contribution in [3.8, 4) is 0 Å². The van der Waals surface area contributed by atoms with E-state index in [1.165, 1.54) is 12.1 Å². The number of nitrogens with zero attached hydrogens (tertiary/aromatic N) is 2. The minimum Gasteiger partial charge on any atom is -0.349 e. The predicted molar refractivity (Wildman–Crippen MR) is 102 cm³/mol. The molecule has 1 N–H and O–H groups in total. The normalized spacial score (nSPS) is 28.2.